The molecule has 1 amide bonds. The molecule has 4 nitrogen and oxygen atoms in total. The number of carbonyl (C=O) groups is 2. The minimum absolute atomic E-state index is 0.0999. The van der Waals surface area contributed by atoms with Crippen molar-refractivity contribution >= 4 is 35.2 Å². The number of hydrogen-bond acceptors (Lipinski definition) is 3. The molecular weight excluding hydrogens is 286 g/mol. The van der Waals surface area contributed by atoms with Crippen LogP contribution in [0.15, 0.2) is 23.1 Å². The minimum atomic E-state index is -1.03. The Balaban J connectivity index is 2.48. The standard InChI is InChI=1S/C13H16ClNO3S/c1-15(2)12(16)4-3-7-19-9-5-6-11(14)10(8-9)13(17)18/h5-6,8H,3-4,7H2,1-2H3,(H,17,18). The summed E-state index contributed by atoms with van der Waals surface area (Å²) in [4.78, 5) is 24.7. The number of rotatable bonds is 6. The van der Waals surface area contributed by atoms with E-state index in [1.54, 1.807) is 37.2 Å². The Labute approximate surface area is 121 Å². The Morgan fingerprint density at radius 2 is 2.05 bits per heavy atom. The second kappa shape index (κ2) is 7.40. The van der Waals surface area contributed by atoms with Gasteiger partial charge in [0.15, 0.2) is 0 Å². The summed E-state index contributed by atoms with van der Waals surface area (Å²) in [5.74, 6) is -0.168. The van der Waals surface area contributed by atoms with E-state index in [2.05, 4.69) is 0 Å². The molecule has 104 valence electrons. The van der Waals surface area contributed by atoms with Gasteiger partial charge in [-0.2, -0.15) is 0 Å². The van der Waals surface area contributed by atoms with Gasteiger partial charge in [0.25, 0.3) is 0 Å². The lowest BCUT2D eigenvalue weighted by Crippen LogP contribution is -2.21. The molecule has 0 heterocycles. The van der Waals surface area contributed by atoms with E-state index >= 15 is 0 Å². The zero-order valence-corrected chi connectivity index (χ0v) is 12.4. The van der Waals surface area contributed by atoms with Crippen molar-refractivity contribution in [2.75, 3.05) is 19.8 Å². The van der Waals surface area contributed by atoms with Gasteiger partial charge >= 0.3 is 5.97 Å². The number of aromatic carboxylic acids is 1. The van der Waals surface area contributed by atoms with E-state index in [9.17, 15) is 9.59 Å². The largest absolute Gasteiger partial charge is 0.478 e. The third-order valence-electron chi connectivity index (χ3n) is 2.47. The van der Waals surface area contributed by atoms with Crippen molar-refractivity contribution in [3.63, 3.8) is 0 Å². The molecule has 0 atom stereocenters. The van der Waals surface area contributed by atoms with E-state index in [-0.39, 0.29) is 16.5 Å². The van der Waals surface area contributed by atoms with E-state index in [0.717, 1.165) is 17.1 Å². The summed E-state index contributed by atoms with van der Waals surface area (Å²) >= 11 is 7.31. The third-order valence-corrected chi connectivity index (χ3v) is 3.88. The van der Waals surface area contributed by atoms with Gasteiger partial charge in [-0.05, 0) is 30.4 Å². The number of nitrogens with zero attached hydrogens (tertiary/aromatic N) is 1. The number of amides is 1. The first-order chi connectivity index (χ1) is 8.91. The number of benzene rings is 1. The molecule has 1 rings (SSSR count). The highest BCUT2D eigenvalue weighted by molar-refractivity contribution is 7.99. The maximum Gasteiger partial charge on any atom is 0.337 e. The number of carboxylic acids is 1. The average molecular weight is 302 g/mol. The summed E-state index contributed by atoms with van der Waals surface area (Å²) in [5, 5.41) is 9.19. The number of thioether (sulfide) groups is 1. The molecule has 0 aromatic heterocycles. The summed E-state index contributed by atoms with van der Waals surface area (Å²) in [6.07, 6.45) is 1.26. The summed E-state index contributed by atoms with van der Waals surface area (Å²) in [5.41, 5.74) is 0.107. The van der Waals surface area contributed by atoms with Crippen LogP contribution < -0.4 is 0 Å². The highest BCUT2D eigenvalue weighted by atomic mass is 35.5. The van der Waals surface area contributed by atoms with E-state index in [1.807, 2.05) is 0 Å². The normalized spacial score (nSPS) is 10.3. The molecule has 0 unspecified atom stereocenters. The van der Waals surface area contributed by atoms with Crippen molar-refractivity contribution in [2.45, 2.75) is 17.7 Å². The van der Waals surface area contributed by atoms with Crippen molar-refractivity contribution in [3.8, 4) is 0 Å². The van der Waals surface area contributed by atoms with Crippen molar-refractivity contribution in [2.24, 2.45) is 0 Å². The molecule has 19 heavy (non-hydrogen) atoms. The van der Waals surface area contributed by atoms with Gasteiger partial charge in [-0.25, -0.2) is 4.79 Å². The Hall–Kier alpha value is -1.20. The average Bonchev–Trinajstić information content (AvgIpc) is 2.35. The van der Waals surface area contributed by atoms with Gasteiger partial charge in [0, 0.05) is 25.4 Å². The smallest absolute Gasteiger partial charge is 0.337 e. The summed E-state index contributed by atoms with van der Waals surface area (Å²) in [6, 6.07) is 4.93. The van der Waals surface area contributed by atoms with E-state index in [0.29, 0.717) is 6.42 Å². The van der Waals surface area contributed by atoms with Gasteiger partial charge in [0.2, 0.25) is 5.91 Å². The highest BCUT2D eigenvalue weighted by Crippen LogP contribution is 2.25. The van der Waals surface area contributed by atoms with Crippen LogP contribution in [0.5, 0.6) is 0 Å². The maximum absolute atomic E-state index is 11.4. The fourth-order valence-electron chi connectivity index (χ4n) is 1.40. The molecule has 0 spiro atoms. The lowest BCUT2D eigenvalue weighted by Gasteiger charge is -2.09. The Bertz CT molecular complexity index is 477. The van der Waals surface area contributed by atoms with Crippen LogP contribution in [0, 0.1) is 0 Å². The lowest BCUT2D eigenvalue weighted by atomic mass is 10.2. The van der Waals surface area contributed by atoms with Crippen LogP contribution in [0.4, 0.5) is 0 Å². The maximum atomic E-state index is 11.4. The molecule has 0 aliphatic carbocycles. The summed E-state index contributed by atoms with van der Waals surface area (Å²) in [7, 11) is 3.46. The van der Waals surface area contributed by atoms with Gasteiger partial charge in [-0.3, -0.25) is 4.79 Å². The van der Waals surface area contributed by atoms with Crippen LogP contribution >= 0.6 is 23.4 Å². The predicted molar refractivity (Wildman–Crippen MR) is 77.1 cm³/mol. The molecule has 0 bridgehead atoms. The lowest BCUT2D eigenvalue weighted by molar-refractivity contribution is -0.128. The summed E-state index contributed by atoms with van der Waals surface area (Å²) in [6.45, 7) is 0. The fourth-order valence-corrected chi connectivity index (χ4v) is 2.48. The van der Waals surface area contributed by atoms with Gasteiger partial charge in [-0.1, -0.05) is 11.6 Å². The first-order valence-corrected chi connectivity index (χ1v) is 7.14. The van der Waals surface area contributed by atoms with Gasteiger partial charge in [0.1, 0.15) is 0 Å². The fraction of sp³-hybridized carbons (Fsp3) is 0.385. The van der Waals surface area contributed by atoms with Crippen LogP contribution in [-0.4, -0.2) is 41.7 Å². The van der Waals surface area contributed by atoms with Crippen LogP contribution in [0.2, 0.25) is 5.02 Å². The zero-order valence-electron chi connectivity index (χ0n) is 10.9. The Kier molecular flexibility index (Phi) is 6.18. The minimum Gasteiger partial charge on any atom is -0.478 e. The third kappa shape index (κ3) is 5.12. The van der Waals surface area contributed by atoms with Crippen molar-refractivity contribution in [1.82, 2.24) is 4.90 Å². The van der Waals surface area contributed by atoms with Crippen LogP contribution in [0.1, 0.15) is 23.2 Å². The molecule has 1 N–H and O–H groups in total. The van der Waals surface area contributed by atoms with Gasteiger partial charge in [0.05, 0.1) is 10.6 Å². The van der Waals surface area contributed by atoms with Gasteiger partial charge in [-0.15, -0.1) is 11.8 Å². The van der Waals surface area contributed by atoms with Crippen molar-refractivity contribution < 1.29 is 14.7 Å². The molecule has 1 aromatic rings. The molecule has 0 aliphatic rings. The van der Waals surface area contributed by atoms with E-state index in [4.69, 9.17) is 16.7 Å². The molecule has 0 aliphatic heterocycles. The molecule has 0 radical (unpaired) electrons. The SMILES string of the molecule is CN(C)C(=O)CCCSc1ccc(Cl)c(C(=O)O)c1. The molecular formula is C13H16ClNO3S. The molecule has 1 aromatic carbocycles. The first kappa shape index (κ1) is 15.9. The highest BCUT2D eigenvalue weighted by Gasteiger charge is 2.10. The molecule has 0 fully saturated rings. The second-order valence-electron chi connectivity index (χ2n) is 4.19. The number of halogens is 1. The monoisotopic (exact) mass is 301 g/mol. The Morgan fingerprint density at radius 3 is 2.63 bits per heavy atom. The molecule has 0 saturated heterocycles. The Morgan fingerprint density at radius 1 is 1.37 bits per heavy atom. The molecule has 0 saturated carbocycles. The van der Waals surface area contributed by atoms with E-state index in [1.165, 1.54) is 11.8 Å². The summed E-state index contributed by atoms with van der Waals surface area (Å²) < 4.78 is 0. The number of carbonyl (C=O) groups excluding carboxylic acids is 1. The van der Waals surface area contributed by atoms with Crippen LogP contribution in [0.25, 0.3) is 0 Å². The van der Waals surface area contributed by atoms with Crippen molar-refractivity contribution in [1.29, 1.82) is 0 Å². The van der Waals surface area contributed by atoms with Crippen LogP contribution in [-0.2, 0) is 4.79 Å². The molecule has 6 heteroatoms. The quantitative estimate of drug-likeness (QED) is 0.648. The zero-order chi connectivity index (χ0) is 14.4. The first-order valence-electron chi connectivity index (χ1n) is 5.77. The second-order valence-corrected chi connectivity index (χ2v) is 5.76. The number of hydrogen-bond donors (Lipinski definition) is 1. The van der Waals surface area contributed by atoms with Crippen LogP contribution in [0.3, 0.4) is 0 Å². The topological polar surface area (TPSA) is 57.6 Å². The van der Waals surface area contributed by atoms with Crippen molar-refractivity contribution in [3.05, 3.63) is 28.8 Å². The van der Waals surface area contributed by atoms with E-state index < -0.39 is 5.97 Å². The number of carboxylic acid groups (broad SMARTS) is 1. The predicted octanol–water partition coefficient (Wildman–Crippen LogP) is 3.00. The van der Waals surface area contributed by atoms with Gasteiger partial charge < -0.3 is 10.0 Å².